The van der Waals surface area contributed by atoms with Gasteiger partial charge in [0.15, 0.2) is 0 Å². The maximum Gasteiger partial charge on any atom is 0.246 e. The zero-order chi connectivity index (χ0) is 23.7. The minimum atomic E-state index is -0.781. The van der Waals surface area contributed by atoms with Crippen LogP contribution in [-0.4, -0.2) is 77.1 Å². The fourth-order valence-electron chi connectivity index (χ4n) is 3.66. The zero-order valence-corrected chi connectivity index (χ0v) is 19.4. The molecule has 0 bridgehead atoms. The van der Waals surface area contributed by atoms with Gasteiger partial charge in [0.2, 0.25) is 23.6 Å². The number of hydrogen-bond acceptors (Lipinski definition) is 4. The first kappa shape index (κ1) is 26.1. The summed E-state index contributed by atoms with van der Waals surface area (Å²) in [4.78, 5) is 54.6. The minimum Gasteiger partial charge on any atom is -0.368 e. The molecule has 0 radical (unpaired) electrons. The Bertz CT molecular complexity index is 757. The molecule has 4 amide bonds. The number of nitrogens with two attached hydrogens (primary N) is 1. The van der Waals surface area contributed by atoms with Gasteiger partial charge in [0.25, 0.3) is 0 Å². The molecule has 0 aromatic heterocycles. The summed E-state index contributed by atoms with van der Waals surface area (Å²) >= 11 is 0. The lowest BCUT2D eigenvalue weighted by Gasteiger charge is -2.36. The van der Waals surface area contributed by atoms with Gasteiger partial charge in [0, 0.05) is 26.7 Å². The van der Waals surface area contributed by atoms with E-state index in [1.807, 2.05) is 32.9 Å². The Kier molecular flexibility index (Phi) is 10.2. The van der Waals surface area contributed by atoms with Crippen LogP contribution in [0.3, 0.4) is 0 Å². The van der Waals surface area contributed by atoms with Crippen LogP contribution < -0.4 is 5.73 Å². The molecule has 0 aromatic rings. The van der Waals surface area contributed by atoms with E-state index >= 15 is 0 Å². The molecule has 1 aliphatic rings. The minimum absolute atomic E-state index is 0.164. The lowest BCUT2D eigenvalue weighted by Crippen LogP contribution is -2.57. The van der Waals surface area contributed by atoms with E-state index in [0.29, 0.717) is 19.4 Å². The van der Waals surface area contributed by atoms with Crippen molar-refractivity contribution in [3.05, 3.63) is 36.5 Å². The zero-order valence-electron chi connectivity index (χ0n) is 19.4. The van der Waals surface area contributed by atoms with Gasteiger partial charge in [-0.3, -0.25) is 19.2 Å². The summed E-state index contributed by atoms with van der Waals surface area (Å²) in [5, 5.41) is 0. The number of primary amides is 1. The largest absolute Gasteiger partial charge is 0.368 e. The Hall–Kier alpha value is -2.90. The molecule has 0 aromatic carbocycles. The molecule has 1 aliphatic heterocycles. The number of carbonyl (C=O) groups excluding carboxylic acids is 4. The van der Waals surface area contributed by atoms with E-state index in [4.69, 9.17) is 5.73 Å². The smallest absolute Gasteiger partial charge is 0.246 e. The molecule has 1 heterocycles. The second-order valence-electron chi connectivity index (χ2n) is 8.12. The fourth-order valence-corrected chi connectivity index (χ4v) is 3.66. The average molecular weight is 433 g/mol. The number of hydrogen-bond donors (Lipinski definition) is 1. The van der Waals surface area contributed by atoms with Crippen LogP contribution in [0, 0.1) is 5.92 Å². The molecule has 31 heavy (non-hydrogen) atoms. The van der Waals surface area contributed by atoms with Crippen molar-refractivity contribution in [1.29, 1.82) is 0 Å². The second kappa shape index (κ2) is 12.1. The maximum atomic E-state index is 13.2. The summed E-state index contributed by atoms with van der Waals surface area (Å²) in [7, 11) is 3.12. The molecule has 0 unspecified atom stereocenters. The molecule has 0 spiro atoms. The summed E-state index contributed by atoms with van der Waals surface area (Å²) in [5.74, 6) is -1.66. The van der Waals surface area contributed by atoms with Crippen molar-refractivity contribution in [1.82, 2.24) is 14.7 Å². The van der Waals surface area contributed by atoms with Crippen LogP contribution in [0.4, 0.5) is 0 Å². The van der Waals surface area contributed by atoms with Crippen LogP contribution >= 0.6 is 0 Å². The van der Waals surface area contributed by atoms with E-state index < -0.39 is 24.0 Å². The van der Waals surface area contributed by atoms with Gasteiger partial charge in [-0.25, -0.2) is 0 Å². The van der Waals surface area contributed by atoms with Gasteiger partial charge in [0.05, 0.1) is 0 Å². The number of allylic oxidation sites excluding steroid dienone is 5. The van der Waals surface area contributed by atoms with Crippen molar-refractivity contribution < 1.29 is 19.2 Å². The van der Waals surface area contributed by atoms with E-state index in [1.54, 1.807) is 39.2 Å². The van der Waals surface area contributed by atoms with Gasteiger partial charge in [-0.05, 0) is 32.6 Å². The fraction of sp³-hybridized carbons (Fsp3) is 0.565. The molecule has 8 heteroatoms. The number of likely N-dealkylation sites (N-methyl/N-ethyl adjacent to an activating group) is 2. The normalized spacial score (nSPS) is 18.8. The average Bonchev–Trinajstić information content (AvgIpc) is 3.21. The predicted molar refractivity (Wildman–Crippen MR) is 121 cm³/mol. The third-order valence-corrected chi connectivity index (χ3v) is 5.56. The molecule has 1 saturated heterocycles. The third kappa shape index (κ3) is 6.80. The Morgan fingerprint density at radius 3 is 2.16 bits per heavy atom. The van der Waals surface area contributed by atoms with Crippen molar-refractivity contribution in [2.24, 2.45) is 11.7 Å². The summed E-state index contributed by atoms with van der Waals surface area (Å²) in [5.41, 5.74) is 5.42. The van der Waals surface area contributed by atoms with E-state index in [2.05, 4.69) is 0 Å². The van der Waals surface area contributed by atoms with Crippen LogP contribution in [0.1, 0.15) is 40.5 Å². The molecule has 1 rings (SSSR count). The lowest BCUT2D eigenvalue weighted by molar-refractivity contribution is -0.151. The van der Waals surface area contributed by atoms with Crippen molar-refractivity contribution in [3.63, 3.8) is 0 Å². The van der Waals surface area contributed by atoms with Crippen LogP contribution in [0.2, 0.25) is 0 Å². The molecule has 8 nitrogen and oxygen atoms in total. The van der Waals surface area contributed by atoms with Crippen molar-refractivity contribution >= 4 is 23.6 Å². The molecule has 0 aliphatic carbocycles. The second-order valence-corrected chi connectivity index (χ2v) is 8.12. The molecule has 1 fully saturated rings. The van der Waals surface area contributed by atoms with Gasteiger partial charge < -0.3 is 20.4 Å². The van der Waals surface area contributed by atoms with Crippen molar-refractivity contribution in [2.45, 2.75) is 58.7 Å². The van der Waals surface area contributed by atoms with Gasteiger partial charge in [-0.15, -0.1) is 0 Å². The highest BCUT2D eigenvalue weighted by Crippen LogP contribution is 2.20. The molecular weight excluding hydrogens is 396 g/mol. The van der Waals surface area contributed by atoms with Crippen molar-refractivity contribution in [2.75, 3.05) is 20.6 Å². The molecule has 2 N–H and O–H groups in total. The summed E-state index contributed by atoms with van der Waals surface area (Å²) in [6.07, 6.45) is 11.5. The highest BCUT2D eigenvalue weighted by molar-refractivity contribution is 5.95. The molecular formula is C23H36N4O4. The standard InChI is InChI=1S/C23H36N4O4/c1-7-8-9-10-11-14-19(28)26(6)20(16(2)3)23(31)25(5)17(4)22(30)27-15-12-13-18(27)21(24)29/h7-11,14,16-18,20H,12-13,15H2,1-6H3,(H2,24,29)/b8-7+,10-9+,14-11+/t17-,18+,20-/m0/s1. The van der Waals surface area contributed by atoms with Gasteiger partial charge in [-0.2, -0.15) is 0 Å². The number of rotatable bonds is 9. The Labute approximate surface area is 185 Å². The van der Waals surface area contributed by atoms with E-state index in [9.17, 15) is 19.2 Å². The van der Waals surface area contributed by atoms with Crippen LogP contribution in [-0.2, 0) is 19.2 Å². The summed E-state index contributed by atoms with van der Waals surface area (Å²) in [6.45, 7) is 7.67. The topological polar surface area (TPSA) is 104 Å². The first-order valence-electron chi connectivity index (χ1n) is 10.6. The monoisotopic (exact) mass is 432 g/mol. The third-order valence-electron chi connectivity index (χ3n) is 5.56. The quantitative estimate of drug-likeness (QED) is 0.440. The number of carbonyl (C=O) groups is 4. The SMILES string of the molecule is C/C=C/C=C/C=C/C(=O)N(C)[C@H](C(=O)N(C)[C@@H](C)C(=O)N1CCC[C@@H]1C(N)=O)C(C)C. The number of amides is 4. The molecule has 0 saturated carbocycles. The van der Waals surface area contributed by atoms with E-state index in [0.717, 1.165) is 0 Å². The summed E-state index contributed by atoms with van der Waals surface area (Å²) < 4.78 is 0. The number of nitrogens with zero attached hydrogens (tertiary/aromatic N) is 3. The predicted octanol–water partition coefficient (Wildman–Crippen LogP) is 1.48. The van der Waals surface area contributed by atoms with Crippen LogP contribution in [0.25, 0.3) is 0 Å². The Balaban J connectivity index is 2.94. The van der Waals surface area contributed by atoms with Gasteiger partial charge >= 0.3 is 0 Å². The highest BCUT2D eigenvalue weighted by atomic mass is 16.2. The Morgan fingerprint density at radius 1 is 1.00 bits per heavy atom. The molecule has 3 atom stereocenters. The van der Waals surface area contributed by atoms with Gasteiger partial charge in [0.1, 0.15) is 18.1 Å². The highest BCUT2D eigenvalue weighted by Gasteiger charge is 2.39. The molecule has 172 valence electrons. The lowest BCUT2D eigenvalue weighted by atomic mass is 10.0. The van der Waals surface area contributed by atoms with Crippen LogP contribution in [0.15, 0.2) is 36.5 Å². The summed E-state index contributed by atoms with van der Waals surface area (Å²) in [6, 6.07) is -2.15. The maximum absolute atomic E-state index is 13.2. The number of likely N-dealkylation sites (tertiary alicyclic amines) is 1. The van der Waals surface area contributed by atoms with E-state index in [1.165, 1.54) is 20.8 Å². The first-order chi connectivity index (χ1) is 14.5. The van der Waals surface area contributed by atoms with Crippen LogP contribution in [0.5, 0.6) is 0 Å². The Morgan fingerprint density at radius 2 is 1.61 bits per heavy atom. The first-order valence-corrected chi connectivity index (χ1v) is 10.6. The van der Waals surface area contributed by atoms with Gasteiger partial charge in [-0.1, -0.05) is 44.2 Å². The van der Waals surface area contributed by atoms with Crippen molar-refractivity contribution in [3.8, 4) is 0 Å². The van der Waals surface area contributed by atoms with E-state index in [-0.39, 0.29) is 23.6 Å².